The number of hydrogen-bond donors (Lipinski definition) is 2. The Morgan fingerprint density at radius 1 is 1.73 bits per heavy atom. The molecule has 1 fully saturated rings. The Morgan fingerprint density at radius 2 is 2.53 bits per heavy atom. The molecule has 0 aromatic carbocycles. The second kappa shape index (κ2) is 3.70. The summed E-state index contributed by atoms with van der Waals surface area (Å²) in [5.41, 5.74) is 0.676. The average Bonchev–Trinajstić information content (AvgIpc) is 2.61. The maximum Gasteiger partial charge on any atom is 0.407 e. The highest BCUT2D eigenvalue weighted by atomic mass is 16.5. The number of rotatable bonds is 1. The molecule has 15 heavy (non-hydrogen) atoms. The highest BCUT2D eigenvalue weighted by Crippen LogP contribution is 2.38. The highest BCUT2D eigenvalue weighted by molar-refractivity contribution is 5.70. The fourth-order valence-corrected chi connectivity index (χ4v) is 2.31. The maximum atomic E-state index is 11.2. The summed E-state index contributed by atoms with van der Waals surface area (Å²) in [5, 5.41) is 12.3. The highest BCUT2D eigenvalue weighted by Gasteiger charge is 2.39. The van der Waals surface area contributed by atoms with E-state index in [-0.39, 0.29) is 0 Å². The average molecular weight is 209 g/mol. The van der Waals surface area contributed by atoms with Crippen LogP contribution in [0.1, 0.15) is 19.3 Å². The molecule has 0 heterocycles. The fourth-order valence-electron chi connectivity index (χ4n) is 2.31. The van der Waals surface area contributed by atoms with Crippen molar-refractivity contribution in [1.82, 2.24) is 5.32 Å². The molecule has 2 rings (SSSR count). The number of nitrogens with one attached hydrogen (secondary N) is 1. The first-order chi connectivity index (χ1) is 7.16. The smallest absolute Gasteiger partial charge is 0.407 e. The fraction of sp³-hybridized carbons (Fsp3) is 0.545. The molecule has 0 radical (unpaired) electrons. The van der Waals surface area contributed by atoms with E-state index in [4.69, 9.17) is 0 Å². The third kappa shape index (κ3) is 1.77. The van der Waals surface area contributed by atoms with Crippen molar-refractivity contribution in [3.63, 3.8) is 0 Å². The first-order valence-corrected chi connectivity index (χ1v) is 5.11. The van der Waals surface area contributed by atoms with E-state index in [2.05, 4.69) is 10.1 Å². The number of carbonyl (C=O) groups is 1. The first kappa shape index (κ1) is 10.2. The lowest BCUT2D eigenvalue weighted by molar-refractivity contribution is 0.163. The summed E-state index contributed by atoms with van der Waals surface area (Å²) in [6.07, 6.45) is 7.24. The van der Waals surface area contributed by atoms with Crippen molar-refractivity contribution in [2.75, 3.05) is 7.11 Å². The van der Waals surface area contributed by atoms with Crippen LogP contribution >= 0.6 is 0 Å². The van der Waals surface area contributed by atoms with Crippen LogP contribution in [0.3, 0.4) is 0 Å². The van der Waals surface area contributed by atoms with E-state index in [1.807, 2.05) is 12.2 Å². The number of hydrogen-bond acceptors (Lipinski definition) is 3. The zero-order valence-corrected chi connectivity index (χ0v) is 8.69. The van der Waals surface area contributed by atoms with Crippen molar-refractivity contribution in [3.8, 4) is 0 Å². The van der Waals surface area contributed by atoms with Crippen LogP contribution in [0.5, 0.6) is 0 Å². The maximum absolute atomic E-state index is 11.2. The number of fused-ring (bicyclic) bond motifs is 1. The quantitative estimate of drug-likeness (QED) is 0.636. The van der Waals surface area contributed by atoms with Crippen LogP contribution in [0.2, 0.25) is 0 Å². The van der Waals surface area contributed by atoms with Crippen LogP contribution < -0.4 is 5.32 Å². The third-order valence-electron chi connectivity index (χ3n) is 3.05. The molecule has 0 bridgehead atoms. The number of ether oxygens (including phenoxy) is 1. The molecule has 0 saturated heterocycles. The molecular formula is C11H15NO3. The van der Waals surface area contributed by atoms with Gasteiger partial charge in [0.2, 0.25) is 0 Å². The number of methoxy groups -OCH3 is 1. The molecule has 0 unspecified atom stereocenters. The number of carbonyl (C=O) groups excluding carboxylic acids is 1. The SMILES string of the molecule is COC(=O)N[C@]12C=C[C@H](O)C=C1CCC2. The van der Waals surface area contributed by atoms with Gasteiger partial charge >= 0.3 is 6.09 Å². The van der Waals surface area contributed by atoms with Gasteiger partial charge in [0.25, 0.3) is 0 Å². The Morgan fingerprint density at radius 3 is 3.27 bits per heavy atom. The van der Waals surface area contributed by atoms with E-state index >= 15 is 0 Å². The molecule has 0 aromatic rings. The van der Waals surface area contributed by atoms with Crippen LogP contribution in [-0.2, 0) is 4.74 Å². The Hall–Kier alpha value is -1.29. The third-order valence-corrected chi connectivity index (χ3v) is 3.05. The van der Waals surface area contributed by atoms with Crippen molar-refractivity contribution in [1.29, 1.82) is 0 Å². The Labute approximate surface area is 88.6 Å². The van der Waals surface area contributed by atoms with Gasteiger partial charge in [-0.15, -0.1) is 0 Å². The van der Waals surface area contributed by atoms with E-state index in [9.17, 15) is 9.90 Å². The Kier molecular flexibility index (Phi) is 2.52. The molecule has 1 saturated carbocycles. The van der Waals surface area contributed by atoms with Gasteiger partial charge in [0.05, 0.1) is 18.8 Å². The second-order valence-electron chi connectivity index (χ2n) is 3.98. The lowest BCUT2D eigenvalue weighted by atomic mass is 9.87. The van der Waals surface area contributed by atoms with Gasteiger partial charge in [-0.3, -0.25) is 0 Å². The van der Waals surface area contributed by atoms with Crippen LogP contribution in [0, 0.1) is 0 Å². The number of alkyl carbamates (subject to hydrolysis) is 1. The van der Waals surface area contributed by atoms with E-state index < -0.39 is 17.7 Å². The van der Waals surface area contributed by atoms with E-state index in [1.165, 1.54) is 7.11 Å². The van der Waals surface area contributed by atoms with E-state index in [0.29, 0.717) is 0 Å². The Balaban J connectivity index is 2.22. The predicted molar refractivity (Wildman–Crippen MR) is 55.4 cm³/mol. The van der Waals surface area contributed by atoms with Gasteiger partial charge in [-0.1, -0.05) is 18.2 Å². The van der Waals surface area contributed by atoms with Crippen LogP contribution in [-0.4, -0.2) is 30.0 Å². The topological polar surface area (TPSA) is 58.6 Å². The van der Waals surface area contributed by atoms with Gasteiger partial charge in [-0.25, -0.2) is 4.79 Å². The predicted octanol–water partition coefficient (Wildman–Crippen LogP) is 1.12. The standard InChI is InChI=1S/C11H15NO3/c1-15-10(14)12-11-5-2-3-8(11)7-9(13)4-6-11/h4,6-7,9,13H,2-3,5H2,1H3,(H,12,14)/t9-,11+/m0/s1. The summed E-state index contributed by atoms with van der Waals surface area (Å²) in [6.45, 7) is 0. The summed E-state index contributed by atoms with van der Waals surface area (Å²) < 4.78 is 4.61. The lowest BCUT2D eigenvalue weighted by Gasteiger charge is -2.31. The van der Waals surface area contributed by atoms with Gasteiger partial charge in [0.1, 0.15) is 0 Å². The van der Waals surface area contributed by atoms with E-state index in [1.54, 1.807) is 6.08 Å². The first-order valence-electron chi connectivity index (χ1n) is 5.11. The van der Waals surface area contributed by atoms with Crippen molar-refractivity contribution in [2.45, 2.75) is 30.9 Å². The molecule has 2 atom stereocenters. The van der Waals surface area contributed by atoms with Gasteiger partial charge < -0.3 is 15.2 Å². The van der Waals surface area contributed by atoms with E-state index in [0.717, 1.165) is 24.8 Å². The summed E-state index contributed by atoms with van der Waals surface area (Å²) in [5.74, 6) is 0. The minimum absolute atomic E-state index is 0.410. The summed E-state index contributed by atoms with van der Waals surface area (Å²) in [4.78, 5) is 11.2. The number of aliphatic hydroxyl groups excluding tert-OH is 1. The second-order valence-corrected chi connectivity index (χ2v) is 3.98. The summed E-state index contributed by atoms with van der Waals surface area (Å²) >= 11 is 0. The molecule has 0 aliphatic heterocycles. The van der Waals surface area contributed by atoms with Gasteiger partial charge in [-0.2, -0.15) is 0 Å². The molecule has 82 valence electrons. The van der Waals surface area contributed by atoms with Crippen LogP contribution in [0.4, 0.5) is 4.79 Å². The van der Waals surface area contributed by atoms with Crippen molar-refractivity contribution in [2.24, 2.45) is 0 Å². The molecule has 2 aliphatic carbocycles. The molecule has 4 nitrogen and oxygen atoms in total. The largest absolute Gasteiger partial charge is 0.453 e. The summed E-state index contributed by atoms with van der Waals surface area (Å²) in [7, 11) is 1.35. The van der Waals surface area contributed by atoms with Gasteiger partial charge in [0.15, 0.2) is 0 Å². The summed E-state index contributed by atoms with van der Waals surface area (Å²) in [6, 6.07) is 0. The lowest BCUT2D eigenvalue weighted by Crippen LogP contribution is -2.47. The van der Waals surface area contributed by atoms with Crippen molar-refractivity contribution >= 4 is 6.09 Å². The molecule has 1 amide bonds. The minimum atomic E-state index is -0.523. The Bertz CT molecular complexity index is 335. The van der Waals surface area contributed by atoms with Gasteiger partial charge in [0, 0.05) is 0 Å². The zero-order valence-electron chi connectivity index (χ0n) is 8.69. The molecule has 0 spiro atoms. The monoisotopic (exact) mass is 209 g/mol. The molecule has 2 aliphatic rings. The van der Waals surface area contributed by atoms with Gasteiger partial charge in [-0.05, 0) is 24.8 Å². The number of aliphatic hydroxyl groups is 1. The van der Waals surface area contributed by atoms with Crippen LogP contribution in [0.25, 0.3) is 0 Å². The number of amides is 1. The van der Waals surface area contributed by atoms with Crippen LogP contribution in [0.15, 0.2) is 23.8 Å². The molecule has 0 aromatic heterocycles. The van der Waals surface area contributed by atoms with Crippen molar-refractivity contribution < 1.29 is 14.6 Å². The zero-order chi connectivity index (χ0) is 10.9. The molecule has 4 heteroatoms. The minimum Gasteiger partial charge on any atom is -0.453 e. The van der Waals surface area contributed by atoms with Crippen molar-refractivity contribution in [3.05, 3.63) is 23.8 Å². The molecule has 2 N–H and O–H groups in total. The molecular weight excluding hydrogens is 194 g/mol. The normalized spacial score (nSPS) is 33.2.